The molecule has 0 unspecified atom stereocenters. The molecule has 1 N–H and O–H groups in total. The average molecular weight is 629 g/mol. The number of halogens is 3. The molecular weight excluding hydrogens is 605 g/mol. The first-order valence-electron chi connectivity index (χ1n) is 10.8. The predicted molar refractivity (Wildman–Crippen MR) is 151 cm³/mol. The maximum atomic E-state index is 12.4. The second-order valence-corrected chi connectivity index (χ2v) is 11.6. The number of hydrazone groups is 1. The standard InChI is InChI=1S/C25H24BrCl2N3O5S/c1-16-4-8-20(9-5-16)31(37(3,33)34)14-24(32)30-29-13-17-10-21(26)25(23(11-17)35-2)36-15-18-6-7-19(27)12-22(18)28/h4-13H,14-15H2,1-3H3,(H,30,32)/b29-13-. The van der Waals surface area contributed by atoms with Crippen LogP contribution in [0.2, 0.25) is 10.0 Å². The number of benzene rings is 3. The number of anilines is 1. The Morgan fingerprint density at radius 2 is 1.84 bits per heavy atom. The van der Waals surface area contributed by atoms with Gasteiger partial charge in [0.2, 0.25) is 10.0 Å². The van der Waals surface area contributed by atoms with E-state index >= 15 is 0 Å². The first-order chi connectivity index (χ1) is 17.5. The van der Waals surface area contributed by atoms with Gasteiger partial charge in [0, 0.05) is 15.6 Å². The monoisotopic (exact) mass is 627 g/mol. The van der Waals surface area contributed by atoms with Crippen LogP contribution >= 0.6 is 39.1 Å². The van der Waals surface area contributed by atoms with E-state index in [2.05, 4.69) is 26.5 Å². The third kappa shape index (κ3) is 8.10. The molecule has 0 aliphatic carbocycles. The molecule has 0 aliphatic heterocycles. The molecule has 0 spiro atoms. The van der Waals surface area contributed by atoms with Crippen molar-refractivity contribution in [2.75, 3.05) is 24.2 Å². The zero-order chi connectivity index (χ0) is 27.2. The van der Waals surface area contributed by atoms with Crippen LogP contribution in [-0.4, -0.2) is 40.4 Å². The van der Waals surface area contributed by atoms with Crippen LogP contribution < -0.4 is 19.2 Å². The van der Waals surface area contributed by atoms with Gasteiger partial charge in [0.25, 0.3) is 5.91 Å². The summed E-state index contributed by atoms with van der Waals surface area (Å²) in [4.78, 5) is 12.4. The molecule has 3 aromatic rings. The van der Waals surface area contributed by atoms with Crippen molar-refractivity contribution < 1.29 is 22.7 Å². The maximum absolute atomic E-state index is 12.4. The molecule has 0 aromatic heterocycles. The van der Waals surface area contributed by atoms with Crippen LogP contribution in [0.5, 0.6) is 11.5 Å². The second-order valence-electron chi connectivity index (χ2n) is 7.96. The molecular formula is C25H24BrCl2N3O5S. The van der Waals surface area contributed by atoms with Crippen molar-refractivity contribution in [3.8, 4) is 11.5 Å². The van der Waals surface area contributed by atoms with Gasteiger partial charge in [-0.2, -0.15) is 5.10 Å². The number of nitrogens with zero attached hydrogens (tertiary/aromatic N) is 2. The Morgan fingerprint density at radius 1 is 1.14 bits per heavy atom. The summed E-state index contributed by atoms with van der Waals surface area (Å²) in [6, 6.07) is 15.4. The van der Waals surface area contributed by atoms with E-state index in [9.17, 15) is 13.2 Å². The molecule has 12 heteroatoms. The molecule has 0 radical (unpaired) electrons. The van der Waals surface area contributed by atoms with Crippen molar-refractivity contribution in [2.45, 2.75) is 13.5 Å². The number of hydrogen-bond acceptors (Lipinski definition) is 6. The summed E-state index contributed by atoms with van der Waals surface area (Å²) in [6.07, 6.45) is 2.44. The largest absolute Gasteiger partial charge is 0.493 e. The molecule has 1 amide bonds. The van der Waals surface area contributed by atoms with E-state index < -0.39 is 22.5 Å². The van der Waals surface area contributed by atoms with Gasteiger partial charge >= 0.3 is 0 Å². The van der Waals surface area contributed by atoms with Gasteiger partial charge in [-0.3, -0.25) is 9.10 Å². The average Bonchev–Trinajstić information content (AvgIpc) is 2.82. The molecule has 0 aliphatic rings. The minimum atomic E-state index is -3.68. The van der Waals surface area contributed by atoms with E-state index in [0.29, 0.717) is 37.3 Å². The number of nitrogens with one attached hydrogen (secondary N) is 1. The number of sulfonamides is 1. The molecule has 3 aromatic carbocycles. The second kappa shape index (κ2) is 12.6. The lowest BCUT2D eigenvalue weighted by Crippen LogP contribution is -2.39. The van der Waals surface area contributed by atoms with Crippen molar-refractivity contribution in [3.05, 3.63) is 85.8 Å². The zero-order valence-electron chi connectivity index (χ0n) is 20.2. The summed E-state index contributed by atoms with van der Waals surface area (Å²) in [5.41, 5.74) is 5.06. The van der Waals surface area contributed by atoms with E-state index in [1.165, 1.54) is 13.3 Å². The number of amides is 1. The van der Waals surface area contributed by atoms with Crippen LogP contribution in [0.4, 0.5) is 5.69 Å². The van der Waals surface area contributed by atoms with Crippen LogP contribution in [0.15, 0.2) is 64.2 Å². The third-order valence-electron chi connectivity index (χ3n) is 5.05. The van der Waals surface area contributed by atoms with Gasteiger partial charge in [0.05, 0.1) is 29.7 Å². The normalized spacial score (nSPS) is 11.4. The van der Waals surface area contributed by atoms with Crippen LogP contribution in [-0.2, 0) is 21.4 Å². The zero-order valence-corrected chi connectivity index (χ0v) is 24.1. The number of carbonyl (C=O) groups is 1. The predicted octanol–water partition coefficient (Wildman–Crippen LogP) is 5.57. The van der Waals surface area contributed by atoms with Gasteiger partial charge in [-0.05, 0) is 64.8 Å². The van der Waals surface area contributed by atoms with Crippen molar-refractivity contribution in [1.82, 2.24) is 5.43 Å². The molecule has 0 bridgehead atoms. The lowest BCUT2D eigenvalue weighted by Gasteiger charge is -2.21. The number of hydrogen-bond donors (Lipinski definition) is 1. The smallest absolute Gasteiger partial charge is 0.260 e. The number of carbonyl (C=O) groups excluding carboxylic acids is 1. The van der Waals surface area contributed by atoms with Gasteiger partial charge in [0.1, 0.15) is 13.2 Å². The van der Waals surface area contributed by atoms with Gasteiger partial charge in [-0.1, -0.05) is 47.0 Å². The fourth-order valence-electron chi connectivity index (χ4n) is 3.20. The number of ether oxygens (including phenoxy) is 2. The summed E-state index contributed by atoms with van der Waals surface area (Å²) in [5, 5.41) is 4.97. The lowest BCUT2D eigenvalue weighted by atomic mass is 10.2. The highest BCUT2D eigenvalue weighted by Crippen LogP contribution is 2.37. The van der Waals surface area contributed by atoms with Gasteiger partial charge in [-0.25, -0.2) is 13.8 Å². The van der Waals surface area contributed by atoms with Crippen LogP contribution in [0.25, 0.3) is 0 Å². The Labute approximate surface area is 234 Å². The van der Waals surface area contributed by atoms with E-state index in [1.54, 1.807) is 54.6 Å². The topological polar surface area (TPSA) is 97.3 Å². The Balaban J connectivity index is 1.68. The van der Waals surface area contributed by atoms with Crippen molar-refractivity contribution in [3.63, 3.8) is 0 Å². The van der Waals surface area contributed by atoms with Gasteiger partial charge < -0.3 is 9.47 Å². The van der Waals surface area contributed by atoms with Crippen molar-refractivity contribution >= 4 is 67.0 Å². The van der Waals surface area contributed by atoms with Crippen LogP contribution in [0.1, 0.15) is 16.7 Å². The number of rotatable bonds is 10. The molecule has 196 valence electrons. The van der Waals surface area contributed by atoms with E-state index in [-0.39, 0.29) is 6.61 Å². The first-order valence-corrected chi connectivity index (χ1v) is 14.2. The van der Waals surface area contributed by atoms with Gasteiger partial charge in [0.15, 0.2) is 11.5 Å². The first kappa shape index (κ1) is 28.8. The van der Waals surface area contributed by atoms with Crippen molar-refractivity contribution in [1.29, 1.82) is 0 Å². The van der Waals surface area contributed by atoms with E-state index in [4.69, 9.17) is 32.7 Å². The Bertz CT molecular complexity index is 1420. The highest BCUT2D eigenvalue weighted by molar-refractivity contribution is 9.10. The minimum absolute atomic E-state index is 0.187. The summed E-state index contributed by atoms with van der Waals surface area (Å²) in [7, 11) is -2.19. The van der Waals surface area contributed by atoms with Gasteiger partial charge in [-0.15, -0.1) is 0 Å². The highest BCUT2D eigenvalue weighted by atomic mass is 79.9. The van der Waals surface area contributed by atoms with Crippen LogP contribution in [0, 0.1) is 6.92 Å². The molecule has 0 atom stereocenters. The third-order valence-corrected chi connectivity index (χ3v) is 7.37. The molecule has 3 rings (SSSR count). The summed E-state index contributed by atoms with van der Waals surface area (Å²) in [5.74, 6) is 0.277. The quantitative estimate of drug-likeness (QED) is 0.234. The fraction of sp³-hybridized carbons (Fsp3) is 0.200. The summed E-state index contributed by atoms with van der Waals surface area (Å²) < 4.78 is 37.4. The number of aryl methyl sites for hydroxylation is 1. The molecule has 37 heavy (non-hydrogen) atoms. The van der Waals surface area contributed by atoms with Crippen molar-refractivity contribution in [2.24, 2.45) is 5.10 Å². The number of methoxy groups -OCH3 is 1. The molecule has 0 saturated heterocycles. The summed E-state index contributed by atoms with van der Waals surface area (Å²) in [6.45, 7) is 1.65. The Hall–Kier alpha value is -2.79. The SMILES string of the molecule is COc1cc(/C=N\NC(=O)CN(c2ccc(C)cc2)S(C)(=O)=O)cc(Br)c1OCc1ccc(Cl)cc1Cl. The van der Waals surface area contributed by atoms with E-state index in [0.717, 1.165) is 21.7 Å². The maximum Gasteiger partial charge on any atom is 0.260 e. The Kier molecular flexibility index (Phi) is 9.83. The molecule has 0 saturated carbocycles. The van der Waals surface area contributed by atoms with E-state index in [1.807, 2.05) is 6.92 Å². The molecule has 0 heterocycles. The highest BCUT2D eigenvalue weighted by Gasteiger charge is 2.20. The Morgan fingerprint density at radius 3 is 2.46 bits per heavy atom. The van der Waals surface area contributed by atoms with Crippen LogP contribution in [0.3, 0.4) is 0 Å². The molecule has 0 fully saturated rings. The fourth-order valence-corrected chi connectivity index (χ4v) is 5.09. The lowest BCUT2D eigenvalue weighted by molar-refractivity contribution is -0.119. The molecule has 8 nitrogen and oxygen atoms in total. The summed E-state index contributed by atoms with van der Waals surface area (Å²) >= 11 is 15.6. The minimum Gasteiger partial charge on any atom is -0.493 e.